The molecule has 2 aliphatic rings. The van der Waals surface area contributed by atoms with Gasteiger partial charge in [0.15, 0.2) is 0 Å². The molecule has 3 atom stereocenters. The molecular formula is C13H14O. The first-order valence-electron chi connectivity index (χ1n) is 5.32. The third-order valence-electron chi connectivity index (χ3n) is 3.25. The van der Waals surface area contributed by atoms with Gasteiger partial charge >= 0.3 is 0 Å². The Labute approximate surface area is 84.4 Å². The van der Waals surface area contributed by atoms with E-state index in [4.69, 9.17) is 4.74 Å². The summed E-state index contributed by atoms with van der Waals surface area (Å²) in [5.41, 5.74) is 0. The normalized spacial score (nSPS) is 33.6. The molecule has 2 bridgehead atoms. The molecule has 1 nitrogen and oxygen atoms in total. The van der Waals surface area contributed by atoms with Crippen LogP contribution in [-0.2, 0) is 0 Å². The van der Waals surface area contributed by atoms with E-state index in [9.17, 15) is 0 Å². The summed E-state index contributed by atoms with van der Waals surface area (Å²) in [6, 6.07) is 10.1. The second kappa shape index (κ2) is 3.16. The van der Waals surface area contributed by atoms with Gasteiger partial charge in [-0.2, -0.15) is 0 Å². The summed E-state index contributed by atoms with van der Waals surface area (Å²) in [6.07, 6.45) is 7.60. The molecule has 1 saturated carbocycles. The molecule has 14 heavy (non-hydrogen) atoms. The maximum atomic E-state index is 5.96. The molecule has 0 heterocycles. The van der Waals surface area contributed by atoms with E-state index in [2.05, 4.69) is 12.2 Å². The minimum absolute atomic E-state index is 0.424. The molecule has 0 saturated heterocycles. The van der Waals surface area contributed by atoms with Crippen LogP contribution in [0.1, 0.15) is 12.8 Å². The smallest absolute Gasteiger partial charge is 0.119 e. The van der Waals surface area contributed by atoms with E-state index in [0.29, 0.717) is 12.0 Å². The Morgan fingerprint density at radius 3 is 2.50 bits per heavy atom. The van der Waals surface area contributed by atoms with Crippen molar-refractivity contribution in [2.45, 2.75) is 18.9 Å². The van der Waals surface area contributed by atoms with Crippen molar-refractivity contribution < 1.29 is 4.74 Å². The largest absolute Gasteiger partial charge is 0.490 e. The van der Waals surface area contributed by atoms with Gasteiger partial charge in [0.25, 0.3) is 0 Å². The molecule has 1 fully saturated rings. The summed E-state index contributed by atoms with van der Waals surface area (Å²) in [6.45, 7) is 0. The molecule has 1 aromatic rings. The predicted molar refractivity (Wildman–Crippen MR) is 56.2 cm³/mol. The summed E-state index contributed by atoms with van der Waals surface area (Å²) in [5, 5.41) is 0. The van der Waals surface area contributed by atoms with Crippen molar-refractivity contribution in [3.63, 3.8) is 0 Å². The Kier molecular flexibility index (Phi) is 1.83. The Balaban J connectivity index is 1.72. The number of fused-ring (bicyclic) bond motifs is 2. The highest BCUT2D eigenvalue weighted by Crippen LogP contribution is 2.40. The number of benzene rings is 1. The zero-order valence-electron chi connectivity index (χ0n) is 8.10. The molecule has 3 unspecified atom stereocenters. The molecular weight excluding hydrogens is 172 g/mol. The first kappa shape index (κ1) is 8.10. The molecule has 1 aromatic carbocycles. The van der Waals surface area contributed by atoms with Gasteiger partial charge in [-0.15, -0.1) is 0 Å². The monoisotopic (exact) mass is 186 g/mol. The van der Waals surface area contributed by atoms with E-state index in [-0.39, 0.29) is 0 Å². The van der Waals surface area contributed by atoms with Crippen molar-refractivity contribution in [1.82, 2.24) is 0 Å². The number of para-hydroxylation sites is 1. The summed E-state index contributed by atoms with van der Waals surface area (Å²) in [5.74, 6) is 2.47. The van der Waals surface area contributed by atoms with E-state index in [1.807, 2.05) is 30.3 Å². The molecule has 0 aliphatic heterocycles. The van der Waals surface area contributed by atoms with E-state index >= 15 is 0 Å². The van der Waals surface area contributed by atoms with Gasteiger partial charge in [-0.25, -0.2) is 0 Å². The van der Waals surface area contributed by atoms with Crippen molar-refractivity contribution in [3.05, 3.63) is 42.5 Å². The van der Waals surface area contributed by atoms with Gasteiger partial charge in [0.1, 0.15) is 11.9 Å². The number of hydrogen-bond acceptors (Lipinski definition) is 1. The summed E-state index contributed by atoms with van der Waals surface area (Å²) < 4.78 is 5.96. The fraction of sp³-hybridized carbons (Fsp3) is 0.385. The van der Waals surface area contributed by atoms with E-state index in [0.717, 1.165) is 11.7 Å². The minimum atomic E-state index is 0.424. The van der Waals surface area contributed by atoms with Crippen LogP contribution < -0.4 is 4.74 Å². The number of rotatable bonds is 2. The van der Waals surface area contributed by atoms with Crippen molar-refractivity contribution in [1.29, 1.82) is 0 Å². The van der Waals surface area contributed by atoms with Gasteiger partial charge in [0.2, 0.25) is 0 Å². The zero-order chi connectivity index (χ0) is 9.38. The minimum Gasteiger partial charge on any atom is -0.490 e. The highest BCUT2D eigenvalue weighted by Gasteiger charge is 2.36. The van der Waals surface area contributed by atoms with Crippen LogP contribution in [0.2, 0.25) is 0 Å². The summed E-state index contributed by atoms with van der Waals surface area (Å²) in [4.78, 5) is 0. The van der Waals surface area contributed by atoms with Crippen LogP contribution in [0, 0.1) is 11.8 Å². The molecule has 72 valence electrons. The van der Waals surface area contributed by atoms with E-state index in [1.54, 1.807) is 0 Å². The van der Waals surface area contributed by atoms with Gasteiger partial charge in [-0.1, -0.05) is 30.4 Å². The average molecular weight is 186 g/mol. The molecule has 0 N–H and O–H groups in total. The van der Waals surface area contributed by atoms with Crippen molar-refractivity contribution in [3.8, 4) is 5.75 Å². The fourth-order valence-corrected chi connectivity index (χ4v) is 2.54. The third-order valence-corrected chi connectivity index (χ3v) is 3.25. The highest BCUT2D eigenvalue weighted by atomic mass is 16.5. The Hall–Kier alpha value is -1.24. The SMILES string of the molecule is C1=CC2CC1CC2Oc1ccccc1. The number of ether oxygens (including phenoxy) is 1. The molecule has 3 rings (SSSR count). The summed E-state index contributed by atoms with van der Waals surface area (Å²) >= 11 is 0. The number of hydrogen-bond donors (Lipinski definition) is 0. The van der Waals surface area contributed by atoms with E-state index in [1.165, 1.54) is 12.8 Å². The van der Waals surface area contributed by atoms with Gasteiger partial charge < -0.3 is 4.74 Å². The first-order valence-corrected chi connectivity index (χ1v) is 5.32. The van der Waals surface area contributed by atoms with Gasteiger partial charge in [-0.3, -0.25) is 0 Å². The maximum Gasteiger partial charge on any atom is 0.119 e. The van der Waals surface area contributed by atoms with E-state index < -0.39 is 0 Å². The summed E-state index contributed by atoms with van der Waals surface area (Å²) in [7, 11) is 0. The molecule has 1 heteroatoms. The topological polar surface area (TPSA) is 9.23 Å². The zero-order valence-corrected chi connectivity index (χ0v) is 8.10. The van der Waals surface area contributed by atoms with Gasteiger partial charge in [0, 0.05) is 5.92 Å². The Bertz CT molecular complexity index is 342. The van der Waals surface area contributed by atoms with Crippen LogP contribution in [0.4, 0.5) is 0 Å². The van der Waals surface area contributed by atoms with Crippen molar-refractivity contribution in [2.75, 3.05) is 0 Å². The van der Waals surface area contributed by atoms with Crippen LogP contribution in [0.3, 0.4) is 0 Å². The van der Waals surface area contributed by atoms with Gasteiger partial charge in [-0.05, 0) is 30.9 Å². The fourth-order valence-electron chi connectivity index (χ4n) is 2.54. The number of allylic oxidation sites excluding steroid dienone is 1. The predicted octanol–water partition coefficient (Wildman–Crippen LogP) is 3.03. The molecule has 0 aromatic heterocycles. The van der Waals surface area contributed by atoms with Crippen LogP contribution in [0.15, 0.2) is 42.5 Å². The standard InChI is InChI=1S/C13H14O/c1-2-4-12(5-3-1)14-13-9-10-6-7-11(13)8-10/h1-7,10-11,13H,8-9H2. The maximum absolute atomic E-state index is 5.96. The molecule has 0 amide bonds. The molecule has 0 spiro atoms. The lowest BCUT2D eigenvalue weighted by molar-refractivity contribution is 0.175. The lowest BCUT2D eigenvalue weighted by atomic mass is 10.0. The highest BCUT2D eigenvalue weighted by molar-refractivity contribution is 5.22. The third kappa shape index (κ3) is 1.33. The second-order valence-electron chi connectivity index (χ2n) is 4.25. The Morgan fingerprint density at radius 2 is 1.86 bits per heavy atom. The molecule has 0 radical (unpaired) electrons. The van der Waals surface area contributed by atoms with Crippen LogP contribution in [0.5, 0.6) is 5.75 Å². The van der Waals surface area contributed by atoms with Crippen LogP contribution in [0.25, 0.3) is 0 Å². The lowest BCUT2D eigenvalue weighted by Gasteiger charge is -2.19. The van der Waals surface area contributed by atoms with Crippen LogP contribution in [-0.4, -0.2) is 6.10 Å². The first-order chi connectivity index (χ1) is 6.92. The van der Waals surface area contributed by atoms with Gasteiger partial charge in [0.05, 0.1) is 0 Å². The lowest BCUT2D eigenvalue weighted by Crippen LogP contribution is -2.21. The van der Waals surface area contributed by atoms with Crippen molar-refractivity contribution >= 4 is 0 Å². The van der Waals surface area contributed by atoms with Crippen molar-refractivity contribution in [2.24, 2.45) is 11.8 Å². The second-order valence-corrected chi connectivity index (χ2v) is 4.25. The Morgan fingerprint density at radius 1 is 1.00 bits per heavy atom. The average Bonchev–Trinajstić information content (AvgIpc) is 2.81. The molecule has 2 aliphatic carbocycles. The van der Waals surface area contributed by atoms with Crippen LogP contribution >= 0.6 is 0 Å². The quantitative estimate of drug-likeness (QED) is 0.645.